The molecule has 2 atom stereocenters. The zero-order valence-corrected chi connectivity index (χ0v) is 19.5. The van der Waals surface area contributed by atoms with Crippen LogP contribution < -0.4 is 5.73 Å². The number of carbonyl (C=O) groups excluding carboxylic acids is 1. The number of carbonyl (C=O) groups is 2. The monoisotopic (exact) mass is 451 g/mol. The van der Waals surface area contributed by atoms with Crippen molar-refractivity contribution in [3.63, 3.8) is 0 Å². The lowest BCUT2D eigenvalue weighted by Crippen LogP contribution is -2.55. The Balaban J connectivity index is 1.54. The van der Waals surface area contributed by atoms with Gasteiger partial charge in [-0.05, 0) is 58.4 Å². The molecule has 4 N–H and O–H groups in total. The van der Waals surface area contributed by atoms with E-state index in [0.29, 0.717) is 19.2 Å². The molecular formula is C23H41N5O4. The van der Waals surface area contributed by atoms with Crippen molar-refractivity contribution in [3.05, 3.63) is 0 Å². The predicted octanol–water partition coefficient (Wildman–Crippen LogP) is 1.85. The van der Waals surface area contributed by atoms with E-state index in [0.717, 1.165) is 77.3 Å². The summed E-state index contributed by atoms with van der Waals surface area (Å²) in [6.07, 6.45) is 9.94. The van der Waals surface area contributed by atoms with E-state index >= 15 is 0 Å². The number of nitrogens with one attached hydrogen (secondary N) is 1. The Labute approximate surface area is 191 Å². The lowest BCUT2D eigenvalue weighted by molar-refractivity contribution is -0.148. The number of aliphatic carboxylic acids is 1. The summed E-state index contributed by atoms with van der Waals surface area (Å²) in [5.41, 5.74) is 5.56. The number of piperidine rings is 2. The quantitative estimate of drug-likeness (QED) is 0.361. The molecule has 3 rings (SSSR count). The molecule has 32 heavy (non-hydrogen) atoms. The second-order valence-electron chi connectivity index (χ2n) is 9.63. The maximum absolute atomic E-state index is 13.5. The summed E-state index contributed by atoms with van der Waals surface area (Å²) in [6, 6.07) is -0.175. The van der Waals surface area contributed by atoms with E-state index in [9.17, 15) is 14.7 Å². The highest BCUT2D eigenvalue weighted by atomic mass is 16.5. The average Bonchev–Trinajstić information content (AvgIpc) is 3.32. The molecule has 1 amide bonds. The molecule has 3 fully saturated rings. The maximum Gasteiger partial charge on any atom is 0.305 e. The van der Waals surface area contributed by atoms with Crippen LogP contribution in [0.1, 0.15) is 70.6 Å². The zero-order chi connectivity index (χ0) is 23.1. The topological polar surface area (TPSA) is 123 Å². The lowest BCUT2D eigenvalue weighted by Gasteiger charge is -2.41. The summed E-state index contributed by atoms with van der Waals surface area (Å²) in [4.78, 5) is 31.0. The maximum atomic E-state index is 13.5. The van der Waals surface area contributed by atoms with Crippen LogP contribution >= 0.6 is 0 Å². The first kappa shape index (κ1) is 24.8. The van der Waals surface area contributed by atoms with Crippen molar-refractivity contribution in [1.82, 2.24) is 14.7 Å². The van der Waals surface area contributed by atoms with Gasteiger partial charge < -0.3 is 25.4 Å². The molecule has 182 valence electrons. The summed E-state index contributed by atoms with van der Waals surface area (Å²) >= 11 is 0. The minimum Gasteiger partial charge on any atom is -0.481 e. The molecule has 0 aromatic carbocycles. The number of carboxylic acids is 1. The van der Waals surface area contributed by atoms with Crippen molar-refractivity contribution in [2.45, 2.75) is 94.9 Å². The van der Waals surface area contributed by atoms with Crippen LogP contribution in [0.2, 0.25) is 0 Å². The second kappa shape index (κ2) is 11.8. The number of hydrogen-bond acceptors (Lipinski definition) is 5. The minimum atomic E-state index is -0.915. The summed E-state index contributed by atoms with van der Waals surface area (Å²) in [5.74, 6) is -0.818. The summed E-state index contributed by atoms with van der Waals surface area (Å²) in [6.45, 7) is 2.80. The SMILES string of the molecule is CN(C1CCCC1)[C@@H](CC(=O)O)C(=O)N1CCCC[C@@H]1CCOC1CCN(C(=N)N)CC1. The Hall–Kier alpha value is -1.87. The fourth-order valence-corrected chi connectivity index (χ4v) is 5.55. The van der Waals surface area contributed by atoms with Crippen LogP contribution in [0.15, 0.2) is 0 Å². The first-order valence-corrected chi connectivity index (χ1v) is 12.3. The van der Waals surface area contributed by atoms with Gasteiger partial charge in [0.1, 0.15) is 0 Å². The summed E-state index contributed by atoms with van der Waals surface area (Å²) < 4.78 is 6.12. The van der Waals surface area contributed by atoms with Crippen LogP contribution in [-0.4, -0.2) is 95.2 Å². The largest absolute Gasteiger partial charge is 0.481 e. The molecule has 2 saturated heterocycles. The normalized spacial score (nSPS) is 24.1. The molecule has 9 heteroatoms. The molecule has 0 bridgehead atoms. The predicted molar refractivity (Wildman–Crippen MR) is 122 cm³/mol. The van der Waals surface area contributed by atoms with E-state index < -0.39 is 12.0 Å². The van der Waals surface area contributed by atoms with Gasteiger partial charge in [-0.15, -0.1) is 0 Å². The third-order valence-electron chi connectivity index (χ3n) is 7.54. The van der Waals surface area contributed by atoms with Gasteiger partial charge in [-0.2, -0.15) is 0 Å². The first-order chi connectivity index (χ1) is 15.4. The fourth-order valence-electron chi connectivity index (χ4n) is 5.55. The minimum absolute atomic E-state index is 0.0266. The number of amides is 1. The summed E-state index contributed by atoms with van der Waals surface area (Å²) in [5, 5.41) is 17.0. The van der Waals surface area contributed by atoms with Crippen molar-refractivity contribution < 1.29 is 19.4 Å². The van der Waals surface area contributed by atoms with Gasteiger partial charge in [-0.1, -0.05) is 12.8 Å². The zero-order valence-electron chi connectivity index (χ0n) is 19.5. The standard InChI is InChI=1S/C23H41N5O4/c1-26(17-6-2-3-7-17)20(16-21(29)30)22(31)28-12-5-4-8-18(28)11-15-32-19-9-13-27(14-10-19)23(24)25/h17-20H,2-16H2,1H3,(H3,24,25)(H,29,30)/t18-,20+/m1/s1. The van der Waals surface area contributed by atoms with Crippen molar-refractivity contribution >= 4 is 17.8 Å². The van der Waals surface area contributed by atoms with Crippen molar-refractivity contribution in [2.24, 2.45) is 5.73 Å². The smallest absolute Gasteiger partial charge is 0.305 e. The number of nitrogens with two attached hydrogens (primary N) is 1. The van der Waals surface area contributed by atoms with E-state index in [1.165, 1.54) is 0 Å². The third kappa shape index (κ3) is 6.57. The molecule has 9 nitrogen and oxygen atoms in total. The Kier molecular flexibility index (Phi) is 9.16. The molecule has 0 aromatic heterocycles. The molecule has 0 radical (unpaired) electrons. The van der Waals surface area contributed by atoms with Gasteiger partial charge in [0.25, 0.3) is 0 Å². The number of ether oxygens (including phenoxy) is 1. The van der Waals surface area contributed by atoms with Crippen LogP contribution in [0, 0.1) is 5.41 Å². The van der Waals surface area contributed by atoms with Gasteiger partial charge in [0.2, 0.25) is 5.91 Å². The van der Waals surface area contributed by atoms with Crippen molar-refractivity contribution in [3.8, 4) is 0 Å². The molecule has 0 aromatic rings. The fraction of sp³-hybridized carbons (Fsp3) is 0.870. The molecule has 3 aliphatic rings. The molecule has 2 aliphatic heterocycles. The first-order valence-electron chi connectivity index (χ1n) is 12.3. The van der Waals surface area contributed by atoms with E-state index in [2.05, 4.69) is 0 Å². The second-order valence-corrected chi connectivity index (χ2v) is 9.63. The van der Waals surface area contributed by atoms with Crippen molar-refractivity contribution in [2.75, 3.05) is 33.3 Å². The van der Waals surface area contributed by atoms with Gasteiger partial charge >= 0.3 is 5.97 Å². The molecule has 0 unspecified atom stereocenters. The van der Waals surface area contributed by atoms with Crippen LogP contribution in [0.4, 0.5) is 0 Å². The molecule has 1 aliphatic carbocycles. The lowest BCUT2D eigenvalue weighted by atomic mass is 9.97. The van der Waals surface area contributed by atoms with Gasteiger partial charge in [0.15, 0.2) is 5.96 Å². The third-order valence-corrected chi connectivity index (χ3v) is 7.54. The summed E-state index contributed by atoms with van der Waals surface area (Å²) in [7, 11) is 1.93. The molecule has 2 heterocycles. The molecule has 1 saturated carbocycles. The van der Waals surface area contributed by atoms with E-state index in [4.69, 9.17) is 15.9 Å². The van der Waals surface area contributed by atoms with Gasteiger partial charge in [0.05, 0.1) is 18.6 Å². The highest BCUT2D eigenvalue weighted by Gasteiger charge is 2.37. The molecule has 0 spiro atoms. The number of carboxylic acid groups (broad SMARTS) is 1. The average molecular weight is 452 g/mol. The Morgan fingerprint density at radius 3 is 2.38 bits per heavy atom. The van der Waals surface area contributed by atoms with E-state index in [1.54, 1.807) is 0 Å². The van der Waals surface area contributed by atoms with Crippen LogP contribution in [0.3, 0.4) is 0 Å². The van der Waals surface area contributed by atoms with Crippen LogP contribution in [-0.2, 0) is 14.3 Å². The number of likely N-dealkylation sites (N-methyl/N-ethyl adjacent to an activating group) is 1. The van der Waals surface area contributed by atoms with Gasteiger partial charge in [0, 0.05) is 38.3 Å². The number of likely N-dealkylation sites (tertiary alicyclic amines) is 2. The number of rotatable bonds is 9. The van der Waals surface area contributed by atoms with Gasteiger partial charge in [-0.3, -0.25) is 19.9 Å². The van der Waals surface area contributed by atoms with Crippen LogP contribution in [0.25, 0.3) is 0 Å². The Bertz CT molecular complexity index is 646. The van der Waals surface area contributed by atoms with Crippen molar-refractivity contribution in [1.29, 1.82) is 5.41 Å². The number of hydrogen-bond donors (Lipinski definition) is 3. The number of nitrogens with zero attached hydrogens (tertiary/aromatic N) is 3. The van der Waals surface area contributed by atoms with E-state index in [-0.39, 0.29) is 30.4 Å². The van der Waals surface area contributed by atoms with Crippen LogP contribution in [0.5, 0.6) is 0 Å². The highest BCUT2D eigenvalue weighted by molar-refractivity contribution is 5.86. The number of guanidine groups is 1. The van der Waals surface area contributed by atoms with Gasteiger partial charge in [-0.25, -0.2) is 0 Å². The Morgan fingerprint density at radius 2 is 1.75 bits per heavy atom. The highest BCUT2D eigenvalue weighted by Crippen LogP contribution is 2.28. The molecular weight excluding hydrogens is 410 g/mol. The Morgan fingerprint density at radius 1 is 1.09 bits per heavy atom. The van der Waals surface area contributed by atoms with E-state index in [1.807, 2.05) is 21.7 Å².